The SMILES string of the molecule is COc1c(OC(C)C)cc2cc(O)c(C(=O)NC3Cc4ccc(c(Cl)n4)O[C@H]4C=C5C#CC(=C[C@@H]6OC56[C@@H]4O[C@H]4C[C@@](C)(O)C(O)[C@H](C)O4)C(O[C@H]4C[C@H](O)[C@H](C(C)C)[C@H](C)O4)COC3=O)cc2c1OC. The lowest BCUT2D eigenvalue weighted by molar-refractivity contribution is -0.290. The van der Waals surface area contributed by atoms with Crippen LogP contribution in [-0.2, 0) is 39.6 Å². The lowest BCUT2D eigenvalue weighted by Crippen LogP contribution is -2.57. The predicted molar refractivity (Wildman–Crippen MR) is 254 cm³/mol. The van der Waals surface area contributed by atoms with Crippen LogP contribution in [0.3, 0.4) is 0 Å². The van der Waals surface area contributed by atoms with E-state index >= 15 is 0 Å². The Kier molecular flexibility index (Phi) is 14.1. The van der Waals surface area contributed by atoms with E-state index in [4.69, 9.17) is 59.0 Å². The average molecular weight is 1010 g/mol. The van der Waals surface area contributed by atoms with E-state index in [0.717, 1.165) is 0 Å². The van der Waals surface area contributed by atoms with Gasteiger partial charge in [0.2, 0.25) is 5.75 Å². The van der Waals surface area contributed by atoms with Crippen molar-refractivity contribution in [3.8, 4) is 40.6 Å². The van der Waals surface area contributed by atoms with Crippen molar-refractivity contribution >= 4 is 34.2 Å². The van der Waals surface area contributed by atoms with Gasteiger partial charge in [0.05, 0.1) is 49.8 Å². The molecule has 7 aliphatic heterocycles. The quantitative estimate of drug-likeness (QED) is 0.0747. The first kappa shape index (κ1) is 50.7. The predicted octanol–water partition coefficient (Wildman–Crippen LogP) is 4.85. The molecule has 19 heteroatoms. The topological polar surface area (TPSA) is 236 Å². The number of pyridine rings is 1. The number of carbonyl (C=O) groups excluding carboxylic acids is 2. The normalized spacial score (nSPS) is 34.3. The van der Waals surface area contributed by atoms with E-state index in [0.29, 0.717) is 27.7 Å². The molecule has 2 aliphatic carbocycles. The third kappa shape index (κ3) is 9.76. The van der Waals surface area contributed by atoms with E-state index in [9.17, 15) is 30.0 Å². The molecular formula is C52H61ClN2O16. The standard InChI is InChI=1S/C52H61ClN2O16/c1-23(2)43-25(5)66-41(20-35(43)57)69-39-22-64-50(60)33(55-49(59)32-19-31-28(14-34(32)56)15-37(65-24(3)4)45(63-9)44(31)62-8)18-30-12-13-36(48(53)54-30)68-38-17-29-11-10-27(39)16-40-52(29,71-40)47(38)70-42-21-51(7,61)46(58)26(6)67-42/h12-17,19,23-26,33,35,38-43,46-47,56-58,61H,18,20-22H2,1-9H3,(H,55,59)/t25-,26-,33?,35-,38-,39?,40-,41-,42-,43+,46?,47+,51+,52?/m0/s1. The number of nitrogens with one attached hydrogen (secondary N) is 1. The largest absolute Gasteiger partial charge is 0.507 e. The molecule has 1 spiro atoms. The fourth-order valence-electron chi connectivity index (χ4n) is 10.6. The van der Waals surface area contributed by atoms with Crippen LogP contribution in [-0.4, -0.2) is 143 Å². The van der Waals surface area contributed by atoms with Gasteiger partial charge >= 0.3 is 5.97 Å². The smallest absolute Gasteiger partial charge is 0.329 e. The number of phenols is 1. The van der Waals surface area contributed by atoms with Crippen molar-refractivity contribution < 1.29 is 77.4 Å². The molecule has 14 atom stereocenters. The number of methoxy groups -OCH3 is 2. The monoisotopic (exact) mass is 1000 g/mol. The number of esters is 1. The van der Waals surface area contributed by atoms with Crippen molar-refractivity contribution in [3.05, 3.63) is 70.0 Å². The van der Waals surface area contributed by atoms with Crippen molar-refractivity contribution in [1.82, 2.24) is 10.3 Å². The molecule has 1 aromatic heterocycles. The molecule has 2 aromatic carbocycles. The maximum absolute atomic E-state index is 14.5. The number of halogens is 1. The van der Waals surface area contributed by atoms with Crippen LogP contribution in [0.5, 0.6) is 28.7 Å². The second-order valence-electron chi connectivity index (χ2n) is 19.9. The number of benzene rings is 2. The highest BCUT2D eigenvalue weighted by Gasteiger charge is 2.70. The fraction of sp³-hybridized carbons (Fsp3) is 0.558. The number of carbonyl (C=O) groups is 2. The number of aliphatic hydroxyl groups is 3. The number of fused-ring (bicyclic) bond motifs is 1. The maximum atomic E-state index is 14.5. The molecule has 12 rings (SSSR count). The summed E-state index contributed by atoms with van der Waals surface area (Å²) in [5, 5.41) is 48.1. The van der Waals surface area contributed by atoms with Gasteiger partial charge in [-0.3, -0.25) is 4.79 Å². The second-order valence-corrected chi connectivity index (χ2v) is 20.2. The Hall–Kier alpha value is -5.20. The van der Waals surface area contributed by atoms with Gasteiger partial charge < -0.3 is 73.1 Å². The second kappa shape index (κ2) is 19.7. The van der Waals surface area contributed by atoms with Gasteiger partial charge in [-0.1, -0.05) is 37.3 Å². The summed E-state index contributed by atoms with van der Waals surface area (Å²) >= 11 is 6.84. The first-order chi connectivity index (χ1) is 33.7. The van der Waals surface area contributed by atoms with Crippen LogP contribution in [0.1, 0.15) is 77.4 Å². The summed E-state index contributed by atoms with van der Waals surface area (Å²) in [6, 6.07) is 6.23. The van der Waals surface area contributed by atoms with E-state index in [-0.39, 0.29) is 77.0 Å². The third-order valence-electron chi connectivity index (χ3n) is 14.0. The summed E-state index contributed by atoms with van der Waals surface area (Å²) in [7, 11) is 2.90. The van der Waals surface area contributed by atoms with Crippen molar-refractivity contribution in [2.24, 2.45) is 11.8 Å². The van der Waals surface area contributed by atoms with Gasteiger partial charge in [-0.05, 0) is 88.4 Å². The summed E-state index contributed by atoms with van der Waals surface area (Å²) in [5.74, 6) is 5.36. The third-order valence-corrected chi connectivity index (χ3v) is 14.3. The minimum atomic E-state index is -1.54. The van der Waals surface area contributed by atoms with E-state index in [2.05, 4.69) is 22.1 Å². The van der Waals surface area contributed by atoms with Crippen LogP contribution >= 0.6 is 11.6 Å². The van der Waals surface area contributed by atoms with Gasteiger partial charge in [0.15, 0.2) is 40.6 Å². The molecule has 6 bridgehead atoms. The number of rotatable bonds is 11. The zero-order chi connectivity index (χ0) is 50.8. The summed E-state index contributed by atoms with van der Waals surface area (Å²) < 4.78 is 62.1. The molecule has 4 unspecified atom stereocenters. The Bertz CT molecular complexity index is 2680. The van der Waals surface area contributed by atoms with Crippen LogP contribution in [0.2, 0.25) is 5.15 Å². The molecule has 18 nitrogen and oxygen atoms in total. The van der Waals surface area contributed by atoms with E-state index in [1.807, 2.05) is 34.6 Å². The number of aromatic nitrogens is 1. The summed E-state index contributed by atoms with van der Waals surface area (Å²) in [6.45, 7) is 12.4. The van der Waals surface area contributed by atoms with E-state index in [1.165, 1.54) is 33.3 Å². The highest BCUT2D eigenvalue weighted by atomic mass is 35.5. The zero-order valence-corrected chi connectivity index (χ0v) is 41.7. The molecule has 0 saturated carbocycles. The molecule has 8 heterocycles. The van der Waals surface area contributed by atoms with E-state index in [1.54, 1.807) is 37.3 Å². The minimum absolute atomic E-state index is 0.0674. The zero-order valence-electron chi connectivity index (χ0n) is 41.0. The number of phenolic OH excluding ortho intramolecular Hbond substituents is 1. The Morgan fingerprint density at radius 2 is 1.73 bits per heavy atom. The van der Waals surface area contributed by atoms with Crippen molar-refractivity contribution in [3.63, 3.8) is 0 Å². The summed E-state index contributed by atoms with van der Waals surface area (Å²) in [6.07, 6.45) is -5.44. The minimum Gasteiger partial charge on any atom is -0.507 e. The van der Waals surface area contributed by atoms with Gasteiger partial charge in [0.25, 0.3) is 5.91 Å². The van der Waals surface area contributed by atoms with Gasteiger partial charge in [0.1, 0.15) is 48.9 Å². The van der Waals surface area contributed by atoms with Crippen molar-refractivity contribution in [2.75, 3.05) is 20.8 Å². The number of amides is 1. The van der Waals surface area contributed by atoms with Crippen LogP contribution in [0.15, 0.2) is 53.6 Å². The fourth-order valence-corrected chi connectivity index (χ4v) is 10.8. The van der Waals surface area contributed by atoms with Crippen LogP contribution < -0.4 is 24.3 Å². The lowest BCUT2D eigenvalue weighted by Gasteiger charge is -2.43. The number of aliphatic hydroxyl groups excluding tert-OH is 2. The molecule has 382 valence electrons. The number of nitrogens with zero attached hydrogens (tertiary/aromatic N) is 1. The highest BCUT2D eigenvalue weighted by molar-refractivity contribution is 6.30. The Morgan fingerprint density at radius 1 is 0.986 bits per heavy atom. The molecule has 3 aromatic rings. The molecule has 5 N–H and O–H groups in total. The van der Waals surface area contributed by atoms with Crippen LogP contribution in [0.25, 0.3) is 10.8 Å². The van der Waals surface area contributed by atoms with Gasteiger partial charge in [-0.2, -0.15) is 0 Å². The molecule has 1 amide bonds. The van der Waals surface area contributed by atoms with E-state index < -0.39 is 96.8 Å². The highest BCUT2D eigenvalue weighted by Crippen LogP contribution is 2.55. The summed E-state index contributed by atoms with van der Waals surface area (Å²) in [4.78, 5) is 33.4. The molecule has 3 saturated heterocycles. The number of hydrogen-bond acceptors (Lipinski definition) is 17. The number of epoxide rings is 1. The Morgan fingerprint density at radius 3 is 2.41 bits per heavy atom. The van der Waals surface area contributed by atoms with Crippen molar-refractivity contribution in [1.29, 1.82) is 0 Å². The number of aromatic hydroxyl groups is 1. The first-order valence-electron chi connectivity index (χ1n) is 23.9. The molecule has 71 heavy (non-hydrogen) atoms. The van der Waals surface area contributed by atoms with Crippen molar-refractivity contribution in [2.45, 2.75) is 152 Å². The summed E-state index contributed by atoms with van der Waals surface area (Å²) in [5.41, 5.74) is -1.74. The number of ether oxygens (including phenoxy) is 10. The van der Waals surface area contributed by atoms with Crippen LogP contribution in [0, 0.1) is 23.7 Å². The van der Waals surface area contributed by atoms with Gasteiger partial charge in [-0.25, -0.2) is 9.78 Å². The van der Waals surface area contributed by atoms with Gasteiger partial charge in [-0.15, -0.1) is 0 Å². The first-order valence-corrected chi connectivity index (χ1v) is 24.3. The molecule has 0 radical (unpaired) electrons. The average Bonchev–Trinajstić information content (AvgIpc) is 3.97. The Balaban J connectivity index is 1.07. The lowest BCUT2D eigenvalue weighted by atomic mass is 9.82. The molecule has 3 fully saturated rings. The molecule has 9 aliphatic rings. The van der Waals surface area contributed by atoms with Gasteiger partial charge in [0, 0.05) is 47.4 Å². The Labute approximate surface area is 416 Å². The number of hydrogen-bond donors (Lipinski definition) is 5. The molecular weight excluding hydrogens is 944 g/mol. The maximum Gasteiger partial charge on any atom is 0.329 e. The van der Waals surface area contributed by atoms with Crippen LogP contribution in [0.4, 0.5) is 0 Å².